The van der Waals surface area contributed by atoms with Gasteiger partial charge in [-0.05, 0) is 24.3 Å². The Labute approximate surface area is 107 Å². The first-order valence-electron chi connectivity index (χ1n) is 4.89. The van der Waals surface area contributed by atoms with Gasteiger partial charge in [0.1, 0.15) is 0 Å². The summed E-state index contributed by atoms with van der Waals surface area (Å²) >= 11 is 5.70. The van der Waals surface area contributed by atoms with E-state index in [1.165, 1.54) is 18.5 Å². The van der Waals surface area contributed by atoms with Gasteiger partial charge in [-0.3, -0.25) is 4.79 Å². The highest BCUT2D eigenvalue weighted by Crippen LogP contribution is 2.15. The Balaban J connectivity index is 2.19. The number of hydrogen-bond donors (Lipinski definition) is 2. The number of rotatable bonds is 3. The Hall–Kier alpha value is -2.34. The van der Waals surface area contributed by atoms with Crippen molar-refractivity contribution in [3.05, 3.63) is 46.9 Å². The van der Waals surface area contributed by atoms with Crippen molar-refractivity contribution in [1.29, 1.82) is 0 Å². The van der Waals surface area contributed by atoms with Crippen molar-refractivity contribution >= 4 is 23.5 Å². The summed E-state index contributed by atoms with van der Waals surface area (Å²) in [6.45, 7) is 0. The van der Waals surface area contributed by atoms with Crippen LogP contribution in [0.4, 0.5) is 0 Å². The second-order valence-corrected chi connectivity index (χ2v) is 3.78. The molecule has 2 aromatic rings. The number of benzene rings is 1. The number of carbonyl (C=O) groups excluding carboxylic acids is 2. The molecule has 0 atom stereocenters. The number of aromatic nitrogens is 2. The fourth-order valence-corrected chi connectivity index (χ4v) is 1.39. The molecular formula is C11H8ClN3O3. The molecule has 0 aliphatic carbocycles. The Bertz CT molecular complexity index is 592. The van der Waals surface area contributed by atoms with Gasteiger partial charge in [-0.15, -0.1) is 0 Å². The van der Waals surface area contributed by atoms with E-state index in [9.17, 15) is 9.59 Å². The smallest absolute Gasteiger partial charge is 0.344 e. The van der Waals surface area contributed by atoms with Gasteiger partial charge in [0.25, 0.3) is 11.8 Å². The van der Waals surface area contributed by atoms with Gasteiger partial charge in [-0.25, -0.2) is 9.78 Å². The molecule has 0 saturated heterocycles. The van der Waals surface area contributed by atoms with E-state index in [4.69, 9.17) is 22.1 Å². The molecule has 1 aromatic heterocycles. The van der Waals surface area contributed by atoms with Crippen LogP contribution in [0.1, 0.15) is 20.8 Å². The average molecular weight is 266 g/mol. The van der Waals surface area contributed by atoms with Crippen LogP contribution in [-0.4, -0.2) is 21.8 Å². The van der Waals surface area contributed by atoms with Crippen LogP contribution in [0.2, 0.25) is 5.02 Å². The lowest BCUT2D eigenvalue weighted by molar-refractivity contribution is 0.0726. The molecule has 18 heavy (non-hydrogen) atoms. The van der Waals surface area contributed by atoms with Crippen LogP contribution in [0.3, 0.4) is 0 Å². The normalized spacial score (nSPS) is 10.1. The molecular weight excluding hydrogens is 258 g/mol. The van der Waals surface area contributed by atoms with Crippen molar-refractivity contribution in [2.75, 3.05) is 0 Å². The quantitative estimate of drug-likeness (QED) is 0.819. The van der Waals surface area contributed by atoms with Crippen LogP contribution in [0.15, 0.2) is 30.6 Å². The second kappa shape index (κ2) is 4.89. The average Bonchev–Trinajstić information content (AvgIpc) is 2.78. The number of nitrogens with zero attached hydrogens (tertiary/aromatic N) is 1. The number of carbonyl (C=O) groups is 2. The topological polar surface area (TPSA) is 98.1 Å². The van der Waals surface area contributed by atoms with E-state index < -0.39 is 11.9 Å². The predicted octanol–water partition coefficient (Wildman–Crippen LogP) is 1.38. The third-order valence-corrected chi connectivity index (χ3v) is 2.37. The van der Waals surface area contributed by atoms with Crippen LogP contribution in [0.5, 0.6) is 5.88 Å². The van der Waals surface area contributed by atoms with Gasteiger partial charge in [0.05, 0.1) is 11.9 Å². The van der Waals surface area contributed by atoms with Crippen molar-refractivity contribution < 1.29 is 14.3 Å². The van der Waals surface area contributed by atoms with Crippen LogP contribution in [0, 0.1) is 0 Å². The largest absolute Gasteiger partial charge is 0.401 e. The van der Waals surface area contributed by atoms with E-state index in [2.05, 4.69) is 9.97 Å². The number of nitrogens with one attached hydrogen (secondary N) is 1. The number of H-pyrrole nitrogens is 1. The summed E-state index contributed by atoms with van der Waals surface area (Å²) < 4.78 is 4.95. The lowest BCUT2D eigenvalue weighted by atomic mass is 10.2. The van der Waals surface area contributed by atoms with Crippen LogP contribution >= 0.6 is 11.6 Å². The maximum atomic E-state index is 11.7. The minimum atomic E-state index is -0.758. The molecule has 1 heterocycles. The van der Waals surface area contributed by atoms with Crippen molar-refractivity contribution in [2.45, 2.75) is 0 Å². The molecule has 7 heteroatoms. The van der Waals surface area contributed by atoms with Crippen molar-refractivity contribution in [3.63, 3.8) is 0 Å². The third-order valence-electron chi connectivity index (χ3n) is 2.12. The first-order valence-corrected chi connectivity index (χ1v) is 5.26. The molecule has 0 fully saturated rings. The number of primary amides is 1. The maximum absolute atomic E-state index is 11.7. The monoisotopic (exact) mass is 265 g/mol. The summed E-state index contributed by atoms with van der Waals surface area (Å²) in [5.41, 5.74) is 5.31. The molecule has 0 radical (unpaired) electrons. The highest BCUT2D eigenvalue weighted by molar-refractivity contribution is 6.30. The number of hydrogen-bond acceptors (Lipinski definition) is 4. The zero-order valence-corrected chi connectivity index (χ0v) is 9.77. The Morgan fingerprint density at radius 1 is 1.28 bits per heavy atom. The zero-order valence-electron chi connectivity index (χ0n) is 9.01. The molecule has 1 amide bonds. The molecule has 2 rings (SSSR count). The van der Waals surface area contributed by atoms with Gasteiger partial charge < -0.3 is 15.5 Å². The van der Waals surface area contributed by atoms with E-state index in [-0.39, 0.29) is 17.1 Å². The molecule has 0 unspecified atom stereocenters. The Morgan fingerprint density at radius 2 is 1.94 bits per heavy atom. The molecule has 0 aliphatic heterocycles. The predicted molar refractivity (Wildman–Crippen MR) is 63.5 cm³/mol. The van der Waals surface area contributed by atoms with Gasteiger partial charge in [0, 0.05) is 5.02 Å². The minimum Gasteiger partial charge on any atom is -0.401 e. The molecule has 92 valence electrons. The summed E-state index contributed by atoms with van der Waals surface area (Å²) in [5, 5.41) is 0.504. The number of imidazole rings is 1. The Kier molecular flexibility index (Phi) is 3.29. The molecule has 1 aromatic carbocycles. The summed E-state index contributed by atoms with van der Waals surface area (Å²) in [6.07, 6.45) is 1.21. The summed E-state index contributed by atoms with van der Waals surface area (Å²) in [5.74, 6) is -1.56. The van der Waals surface area contributed by atoms with E-state index in [1.54, 1.807) is 12.1 Å². The number of halogens is 1. The summed E-state index contributed by atoms with van der Waals surface area (Å²) in [7, 11) is 0. The molecule has 0 saturated carbocycles. The number of ether oxygens (including phenoxy) is 1. The molecule has 0 spiro atoms. The number of nitrogens with two attached hydrogens (primary N) is 1. The highest BCUT2D eigenvalue weighted by atomic mass is 35.5. The standard InChI is InChI=1S/C11H8ClN3O3/c12-7-3-1-6(2-4-7)11(17)18-10-8(9(13)16)14-5-15-10/h1-5H,(H2,13,16)(H,14,15). The summed E-state index contributed by atoms with van der Waals surface area (Å²) in [6, 6.07) is 6.11. The molecule has 6 nitrogen and oxygen atoms in total. The van der Waals surface area contributed by atoms with Crippen molar-refractivity contribution in [1.82, 2.24) is 9.97 Å². The van der Waals surface area contributed by atoms with Crippen LogP contribution < -0.4 is 10.5 Å². The number of esters is 1. The molecule has 3 N–H and O–H groups in total. The van der Waals surface area contributed by atoms with Crippen molar-refractivity contribution in [3.8, 4) is 5.88 Å². The van der Waals surface area contributed by atoms with Crippen LogP contribution in [0.25, 0.3) is 0 Å². The van der Waals surface area contributed by atoms with E-state index >= 15 is 0 Å². The van der Waals surface area contributed by atoms with Gasteiger partial charge in [-0.2, -0.15) is 0 Å². The van der Waals surface area contributed by atoms with Crippen molar-refractivity contribution in [2.24, 2.45) is 5.73 Å². The minimum absolute atomic E-state index is 0.0580. The first-order chi connectivity index (χ1) is 8.58. The molecule has 0 aliphatic rings. The first kappa shape index (κ1) is 12.1. The van der Waals surface area contributed by atoms with Gasteiger partial charge >= 0.3 is 5.97 Å². The van der Waals surface area contributed by atoms with Gasteiger partial charge in [0.15, 0.2) is 5.69 Å². The lowest BCUT2D eigenvalue weighted by Crippen LogP contribution is -2.16. The van der Waals surface area contributed by atoms with Gasteiger partial charge in [-0.1, -0.05) is 11.6 Å². The maximum Gasteiger partial charge on any atom is 0.344 e. The zero-order chi connectivity index (χ0) is 13.1. The third kappa shape index (κ3) is 2.49. The van der Waals surface area contributed by atoms with Gasteiger partial charge in [0.2, 0.25) is 0 Å². The number of aromatic amines is 1. The summed E-state index contributed by atoms with van der Waals surface area (Å²) in [4.78, 5) is 28.9. The van der Waals surface area contributed by atoms with E-state index in [0.29, 0.717) is 5.02 Å². The van der Waals surface area contributed by atoms with Crippen LogP contribution in [-0.2, 0) is 0 Å². The molecule has 0 bridgehead atoms. The van der Waals surface area contributed by atoms with E-state index in [0.717, 1.165) is 0 Å². The Morgan fingerprint density at radius 3 is 2.56 bits per heavy atom. The number of amides is 1. The lowest BCUT2D eigenvalue weighted by Gasteiger charge is -2.02. The highest BCUT2D eigenvalue weighted by Gasteiger charge is 2.17. The van der Waals surface area contributed by atoms with E-state index in [1.807, 2.05) is 0 Å². The SMILES string of the molecule is NC(=O)c1[nH]cnc1OC(=O)c1ccc(Cl)cc1. The fraction of sp³-hybridized carbons (Fsp3) is 0. The second-order valence-electron chi connectivity index (χ2n) is 3.34. The fourth-order valence-electron chi connectivity index (χ4n) is 1.27.